The summed E-state index contributed by atoms with van der Waals surface area (Å²) in [5.74, 6) is -1.00. The maximum absolute atomic E-state index is 12.3. The zero-order valence-electron chi connectivity index (χ0n) is 11.9. The first-order valence-electron chi connectivity index (χ1n) is 7.47. The van der Waals surface area contributed by atoms with Gasteiger partial charge in [-0.2, -0.15) is 0 Å². The van der Waals surface area contributed by atoms with Crippen LogP contribution in [0, 0.1) is 0 Å². The Balaban J connectivity index is 1.68. The molecule has 1 aromatic carbocycles. The number of hydrogen-bond acceptors (Lipinski definition) is 3. The summed E-state index contributed by atoms with van der Waals surface area (Å²) < 4.78 is 0. The molecule has 1 atom stereocenters. The van der Waals surface area contributed by atoms with Crippen molar-refractivity contribution in [2.75, 3.05) is 6.54 Å². The van der Waals surface area contributed by atoms with Crippen LogP contribution in [-0.4, -0.2) is 40.5 Å². The second-order valence-electron chi connectivity index (χ2n) is 5.83. The van der Waals surface area contributed by atoms with Crippen molar-refractivity contribution in [2.45, 2.75) is 44.3 Å². The minimum Gasteiger partial charge on any atom is -0.480 e. The van der Waals surface area contributed by atoms with Crippen molar-refractivity contribution in [3.8, 4) is 0 Å². The first kappa shape index (κ1) is 14.1. The molecule has 0 radical (unpaired) electrons. The fourth-order valence-electron chi connectivity index (χ4n) is 2.82. The Kier molecular flexibility index (Phi) is 3.92. The number of hydrogen-bond donors (Lipinski definition) is 2. The smallest absolute Gasteiger partial charge is 0.326 e. The van der Waals surface area contributed by atoms with Crippen molar-refractivity contribution in [3.05, 3.63) is 35.4 Å². The summed E-state index contributed by atoms with van der Waals surface area (Å²) >= 11 is 0. The zero-order chi connectivity index (χ0) is 14.8. The Bertz CT molecular complexity index is 554. The number of benzene rings is 1. The molecule has 1 aromatic rings. The van der Waals surface area contributed by atoms with Crippen LogP contribution in [0.2, 0.25) is 0 Å². The molecular formula is C16H20N2O3. The molecule has 112 valence electrons. The Morgan fingerprint density at radius 2 is 1.95 bits per heavy atom. The second-order valence-corrected chi connectivity index (χ2v) is 5.83. The maximum Gasteiger partial charge on any atom is 0.326 e. The molecule has 2 aliphatic rings. The molecule has 5 heteroatoms. The van der Waals surface area contributed by atoms with Gasteiger partial charge in [0.15, 0.2) is 0 Å². The first-order chi connectivity index (χ1) is 10.1. The maximum atomic E-state index is 12.3. The minimum atomic E-state index is -0.923. The van der Waals surface area contributed by atoms with Crippen molar-refractivity contribution < 1.29 is 14.7 Å². The van der Waals surface area contributed by atoms with Gasteiger partial charge in [-0.05, 0) is 24.0 Å². The van der Waals surface area contributed by atoms with E-state index in [1.54, 1.807) is 0 Å². The van der Waals surface area contributed by atoms with E-state index in [2.05, 4.69) is 5.32 Å². The standard InChI is InChI=1S/C16H20N2O3/c19-15(7-8-17-13-5-6-13)18-10-12-4-2-1-3-11(12)9-14(18)16(20)21/h1-4,13-14,17H,5-10H2,(H,20,21)/t14-/m0/s1. The fraction of sp³-hybridized carbons (Fsp3) is 0.500. The molecule has 21 heavy (non-hydrogen) atoms. The van der Waals surface area contributed by atoms with Crippen molar-refractivity contribution in [1.29, 1.82) is 0 Å². The number of aliphatic carboxylic acids is 1. The van der Waals surface area contributed by atoms with E-state index in [1.807, 2.05) is 24.3 Å². The topological polar surface area (TPSA) is 69.6 Å². The highest BCUT2D eigenvalue weighted by molar-refractivity contribution is 5.84. The van der Waals surface area contributed by atoms with E-state index in [1.165, 1.54) is 17.7 Å². The summed E-state index contributed by atoms with van der Waals surface area (Å²) in [7, 11) is 0. The van der Waals surface area contributed by atoms with Crippen molar-refractivity contribution in [3.63, 3.8) is 0 Å². The van der Waals surface area contributed by atoms with Gasteiger partial charge >= 0.3 is 5.97 Å². The second kappa shape index (κ2) is 5.85. The van der Waals surface area contributed by atoms with Gasteiger partial charge in [0.25, 0.3) is 0 Å². The highest BCUT2D eigenvalue weighted by Gasteiger charge is 2.34. The highest BCUT2D eigenvalue weighted by atomic mass is 16.4. The highest BCUT2D eigenvalue weighted by Crippen LogP contribution is 2.24. The molecule has 0 bridgehead atoms. The van der Waals surface area contributed by atoms with E-state index in [0.717, 1.165) is 11.1 Å². The lowest BCUT2D eigenvalue weighted by molar-refractivity contribution is -0.151. The lowest BCUT2D eigenvalue weighted by Gasteiger charge is -2.34. The molecule has 1 amide bonds. The summed E-state index contributed by atoms with van der Waals surface area (Å²) in [6.45, 7) is 1.03. The summed E-state index contributed by atoms with van der Waals surface area (Å²) in [5.41, 5.74) is 2.09. The van der Waals surface area contributed by atoms with Crippen LogP contribution in [0.15, 0.2) is 24.3 Å². The number of carbonyl (C=O) groups excluding carboxylic acids is 1. The molecule has 2 N–H and O–H groups in total. The number of carboxylic acids is 1. The van der Waals surface area contributed by atoms with Gasteiger partial charge < -0.3 is 15.3 Å². The molecule has 0 spiro atoms. The SMILES string of the molecule is O=C(O)[C@@H]1Cc2ccccc2CN1C(=O)CCNC1CC1. The average molecular weight is 288 g/mol. The predicted molar refractivity (Wildman–Crippen MR) is 77.8 cm³/mol. The van der Waals surface area contributed by atoms with Crippen LogP contribution in [0.25, 0.3) is 0 Å². The van der Waals surface area contributed by atoms with Crippen molar-refractivity contribution >= 4 is 11.9 Å². The van der Waals surface area contributed by atoms with Crippen LogP contribution in [0.3, 0.4) is 0 Å². The number of nitrogens with zero attached hydrogens (tertiary/aromatic N) is 1. The van der Waals surface area contributed by atoms with Gasteiger partial charge in [-0.1, -0.05) is 24.3 Å². The minimum absolute atomic E-state index is 0.0787. The molecule has 1 saturated carbocycles. The summed E-state index contributed by atoms with van der Waals surface area (Å²) in [6, 6.07) is 7.58. The number of fused-ring (bicyclic) bond motifs is 1. The molecule has 0 saturated heterocycles. The molecule has 1 aliphatic heterocycles. The van der Waals surface area contributed by atoms with Crippen LogP contribution in [-0.2, 0) is 22.6 Å². The van der Waals surface area contributed by atoms with Gasteiger partial charge in [0, 0.05) is 32.0 Å². The number of nitrogens with one attached hydrogen (secondary N) is 1. The average Bonchev–Trinajstić information content (AvgIpc) is 3.30. The van der Waals surface area contributed by atoms with Crippen LogP contribution in [0.1, 0.15) is 30.4 Å². The van der Waals surface area contributed by atoms with E-state index in [4.69, 9.17) is 0 Å². The van der Waals surface area contributed by atoms with E-state index >= 15 is 0 Å². The fourth-order valence-corrected chi connectivity index (χ4v) is 2.82. The molecule has 1 heterocycles. The number of rotatable bonds is 5. The third-order valence-electron chi connectivity index (χ3n) is 4.20. The van der Waals surface area contributed by atoms with Gasteiger partial charge in [0.1, 0.15) is 6.04 Å². The molecule has 5 nitrogen and oxygen atoms in total. The first-order valence-corrected chi connectivity index (χ1v) is 7.47. The molecule has 3 rings (SSSR count). The monoisotopic (exact) mass is 288 g/mol. The largest absolute Gasteiger partial charge is 0.480 e. The number of carboxylic acid groups (broad SMARTS) is 1. The van der Waals surface area contributed by atoms with E-state index in [0.29, 0.717) is 32.0 Å². The zero-order valence-corrected chi connectivity index (χ0v) is 11.9. The predicted octanol–water partition coefficient (Wildman–Crippen LogP) is 1.17. The van der Waals surface area contributed by atoms with E-state index < -0.39 is 12.0 Å². The normalized spacial score (nSPS) is 21.0. The van der Waals surface area contributed by atoms with E-state index in [-0.39, 0.29) is 5.91 Å². The van der Waals surface area contributed by atoms with Crippen molar-refractivity contribution in [1.82, 2.24) is 10.2 Å². The Hall–Kier alpha value is -1.88. The Morgan fingerprint density at radius 1 is 1.24 bits per heavy atom. The third-order valence-corrected chi connectivity index (χ3v) is 4.20. The Morgan fingerprint density at radius 3 is 2.62 bits per heavy atom. The van der Waals surface area contributed by atoms with Crippen LogP contribution in [0.4, 0.5) is 0 Å². The molecule has 0 aromatic heterocycles. The molecule has 0 unspecified atom stereocenters. The van der Waals surface area contributed by atoms with Gasteiger partial charge in [-0.25, -0.2) is 4.79 Å². The van der Waals surface area contributed by atoms with Gasteiger partial charge in [0.05, 0.1) is 0 Å². The van der Waals surface area contributed by atoms with Crippen LogP contribution in [0.5, 0.6) is 0 Å². The lowest BCUT2D eigenvalue weighted by Crippen LogP contribution is -2.49. The number of carbonyl (C=O) groups is 2. The van der Waals surface area contributed by atoms with Crippen LogP contribution < -0.4 is 5.32 Å². The number of amides is 1. The van der Waals surface area contributed by atoms with Gasteiger partial charge in [-0.3, -0.25) is 4.79 Å². The van der Waals surface area contributed by atoms with Gasteiger partial charge in [0.2, 0.25) is 5.91 Å². The van der Waals surface area contributed by atoms with Crippen LogP contribution >= 0.6 is 0 Å². The van der Waals surface area contributed by atoms with Gasteiger partial charge in [-0.15, -0.1) is 0 Å². The summed E-state index contributed by atoms with van der Waals surface area (Å²) in [6.07, 6.45) is 3.13. The van der Waals surface area contributed by atoms with Crippen molar-refractivity contribution in [2.24, 2.45) is 0 Å². The summed E-state index contributed by atoms with van der Waals surface area (Å²) in [4.78, 5) is 25.3. The molecule has 1 aliphatic carbocycles. The third kappa shape index (κ3) is 3.24. The molecule has 1 fully saturated rings. The van der Waals surface area contributed by atoms with E-state index in [9.17, 15) is 14.7 Å². The summed E-state index contributed by atoms with van der Waals surface area (Å²) in [5, 5.41) is 12.7. The molecular weight excluding hydrogens is 268 g/mol. The Labute approximate surface area is 123 Å². The lowest BCUT2D eigenvalue weighted by atomic mass is 9.93. The quantitative estimate of drug-likeness (QED) is 0.853.